The van der Waals surface area contributed by atoms with Crippen LogP contribution in [0.25, 0.3) is 0 Å². The maximum atomic E-state index is 6.17. The zero-order chi connectivity index (χ0) is 13.5. The van der Waals surface area contributed by atoms with Crippen LogP contribution in [0, 0.1) is 0 Å². The van der Waals surface area contributed by atoms with Gasteiger partial charge in [-0.25, -0.2) is 0 Å². The third-order valence-electron chi connectivity index (χ3n) is 0.204. The molecule has 0 saturated carbocycles. The van der Waals surface area contributed by atoms with Crippen molar-refractivity contribution >= 4 is 30.1 Å². The quantitative estimate of drug-likeness (QED) is 0.298. The van der Waals surface area contributed by atoms with E-state index in [2.05, 4.69) is 46.9 Å². The molecule has 2 unspecified atom stereocenters. The Hall–Kier alpha value is 0.990. The minimum absolute atomic E-state index is 0.250. The molecular weight excluding hydrogens is 225 g/mol. The van der Waals surface area contributed by atoms with E-state index in [1.807, 2.05) is 0 Å². The molecule has 0 aromatic heterocycles. The molecule has 4 nitrogen and oxygen atoms in total. The van der Waals surface area contributed by atoms with Gasteiger partial charge < -0.3 is 22.5 Å². The Morgan fingerprint density at radius 1 is 1.23 bits per heavy atom. The summed E-state index contributed by atoms with van der Waals surface area (Å²) in [5.41, 5.74) is 14.2. The molecule has 0 fully saturated rings. The summed E-state index contributed by atoms with van der Waals surface area (Å²) in [5.74, 6) is 0. The summed E-state index contributed by atoms with van der Waals surface area (Å²) in [7, 11) is 6.30. The Balaban J connectivity index is -0.0000000283. The summed E-state index contributed by atoms with van der Waals surface area (Å²) < 4.78 is 12.3. The highest BCUT2D eigenvalue weighted by Crippen LogP contribution is 1.46. The van der Waals surface area contributed by atoms with E-state index in [0.29, 0.717) is 20.0 Å². The van der Waals surface area contributed by atoms with Crippen molar-refractivity contribution in [3.63, 3.8) is 0 Å². The van der Waals surface area contributed by atoms with Crippen LogP contribution in [0.4, 0.5) is 0 Å². The number of rotatable bonds is 1. The van der Waals surface area contributed by atoms with Crippen molar-refractivity contribution in [2.45, 2.75) is 0 Å². The Morgan fingerprint density at radius 2 is 1.31 bits per heavy atom. The molecule has 13 heavy (non-hydrogen) atoms. The lowest BCUT2D eigenvalue weighted by molar-refractivity contribution is 0.833. The Bertz CT molecular complexity index is 47.6. The smallest absolute Gasteiger partial charge is 0.0426 e. The SMILES string of the molecule is CCl.CNCN.NCN.[3H]CP.[3H]CP. The van der Waals surface area contributed by atoms with E-state index in [-0.39, 0.29) is 6.67 Å². The molecule has 0 rings (SSSR count). The van der Waals surface area contributed by atoms with Crippen molar-refractivity contribution in [3.05, 3.63) is 0 Å². The van der Waals surface area contributed by atoms with Gasteiger partial charge in [0.15, 0.2) is 0 Å². The van der Waals surface area contributed by atoms with E-state index in [0.717, 1.165) is 0 Å². The second kappa shape index (κ2) is 117. The van der Waals surface area contributed by atoms with Crippen molar-refractivity contribution < 1.29 is 2.74 Å². The fourth-order valence-electron chi connectivity index (χ4n) is 0. The summed E-state index contributed by atoms with van der Waals surface area (Å²) in [6.45, 7) is 1.65. The van der Waals surface area contributed by atoms with Gasteiger partial charge in [-0.05, 0) is 7.05 Å². The fourth-order valence-corrected chi connectivity index (χ4v) is 0. The Kier molecular flexibility index (Phi) is 176. The first-order chi connectivity index (χ1) is 7.16. The van der Waals surface area contributed by atoms with Gasteiger partial charge in [0.2, 0.25) is 0 Å². The second-order valence-corrected chi connectivity index (χ2v) is 0.793. The van der Waals surface area contributed by atoms with E-state index >= 15 is 0 Å². The van der Waals surface area contributed by atoms with E-state index in [1.54, 1.807) is 7.05 Å². The molecular formula is C6H27ClN4P2. The van der Waals surface area contributed by atoms with Gasteiger partial charge in [0.25, 0.3) is 0 Å². The van der Waals surface area contributed by atoms with Gasteiger partial charge in [-0.15, -0.1) is 30.1 Å². The zero-order valence-corrected chi connectivity index (χ0v) is 11.7. The predicted molar refractivity (Wildman–Crippen MR) is 74.4 cm³/mol. The Labute approximate surface area is 95.9 Å². The van der Waals surface area contributed by atoms with Crippen LogP contribution in [-0.2, 0) is 0 Å². The molecule has 0 aliphatic heterocycles. The third kappa shape index (κ3) is 396. The molecule has 2 atom stereocenters. The standard InChI is InChI=1S/C2H8N2.CH3Cl.CH6N2.2CH5P/c1-4-2-3;1-2;2-1-3;2*1-2/h4H,2-3H2,1H3;1H3;1-3H2;2*2H2,1H3/i;;;2*1T. The van der Waals surface area contributed by atoms with E-state index in [1.165, 1.54) is 6.38 Å². The first-order valence-electron chi connectivity index (χ1n) is 4.69. The first kappa shape index (κ1) is 19.5. The summed E-state index contributed by atoms with van der Waals surface area (Å²) in [5, 5.41) is 2.71. The average molecular weight is 257 g/mol. The molecule has 0 aliphatic carbocycles. The van der Waals surface area contributed by atoms with Crippen LogP contribution in [0.3, 0.4) is 0 Å². The van der Waals surface area contributed by atoms with Crippen molar-refractivity contribution in [3.8, 4) is 0 Å². The summed E-state index contributed by atoms with van der Waals surface area (Å²) >= 11 is 4.64. The van der Waals surface area contributed by atoms with E-state index in [9.17, 15) is 0 Å². The highest BCUT2D eigenvalue weighted by atomic mass is 35.5. The van der Waals surface area contributed by atoms with Gasteiger partial charge in [0.1, 0.15) is 0 Å². The summed E-state index contributed by atoms with van der Waals surface area (Å²) in [6, 6.07) is 0. The summed E-state index contributed by atoms with van der Waals surface area (Å²) in [6.07, 6.45) is 1.47. The number of halogens is 1. The zero-order valence-electron chi connectivity index (χ0n) is 10.6. The molecule has 0 bridgehead atoms. The van der Waals surface area contributed by atoms with Gasteiger partial charge >= 0.3 is 0 Å². The van der Waals surface area contributed by atoms with Gasteiger partial charge in [0.05, 0.1) is 0 Å². The maximum absolute atomic E-state index is 6.17. The molecule has 0 aliphatic rings. The molecule has 0 radical (unpaired) electrons. The largest absolute Gasteiger partial charge is 0.319 e. The lowest BCUT2D eigenvalue weighted by Crippen LogP contribution is -2.15. The van der Waals surface area contributed by atoms with Crippen molar-refractivity contribution in [2.75, 3.05) is 40.0 Å². The Morgan fingerprint density at radius 3 is 1.31 bits per heavy atom. The number of nitrogens with two attached hydrogens (primary N) is 3. The monoisotopic (exact) mass is 256 g/mol. The minimum Gasteiger partial charge on any atom is -0.319 e. The van der Waals surface area contributed by atoms with Crippen LogP contribution in [0.15, 0.2) is 0 Å². The predicted octanol–water partition coefficient (Wildman–Crippen LogP) is -0.179. The van der Waals surface area contributed by atoms with Crippen molar-refractivity contribution in [2.24, 2.45) is 17.2 Å². The van der Waals surface area contributed by atoms with Crippen LogP contribution >= 0.6 is 30.1 Å². The van der Waals surface area contributed by atoms with Crippen molar-refractivity contribution in [1.82, 2.24) is 5.32 Å². The maximum Gasteiger partial charge on any atom is 0.0426 e. The van der Waals surface area contributed by atoms with Gasteiger partial charge in [-0.3, -0.25) is 0 Å². The lowest BCUT2D eigenvalue weighted by Gasteiger charge is -1.77. The number of nitrogens with one attached hydrogen (secondary N) is 1. The van der Waals surface area contributed by atoms with Crippen LogP contribution in [0.5, 0.6) is 0 Å². The fraction of sp³-hybridized carbons (Fsp3) is 1.00. The van der Waals surface area contributed by atoms with Crippen LogP contribution in [-0.4, -0.2) is 40.0 Å². The molecule has 0 amide bonds. The summed E-state index contributed by atoms with van der Waals surface area (Å²) in [4.78, 5) is 0. The number of hydrogen-bond donors (Lipinski definition) is 4. The van der Waals surface area contributed by atoms with Gasteiger partial charge in [0, 0.05) is 22.5 Å². The van der Waals surface area contributed by atoms with Gasteiger partial charge in [-0.2, -0.15) is 0 Å². The van der Waals surface area contributed by atoms with E-state index in [4.69, 9.17) is 8.48 Å². The normalized spacial score (nSPS) is 7.08. The molecule has 0 saturated heterocycles. The minimum atomic E-state index is 0.250. The van der Waals surface area contributed by atoms with Crippen LogP contribution < -0.4 is 22.5 Å². The molecule has 0 spiro atoms. The molecule has 0 heterocycles. The van der Waals surface area contributed by atoms with Crippen molar-refractivity contribution in [1.29, 1.82) is 0 Å². The van der Waals surface area contributed by atoms with Gasteiger partial charge in [-0.1, -0.05) is 13.3 Å². The molecule has 0 aromatic carbocycles. The number of hydrogen-bond acceptors (Lipinski definition) is 4. The topological polar surface area (TPSA) is 90.1 Å². The van der Waals surface area contributed by atoms with E-state index < -0.39 is 0 Å². The second-order valence-electron chi connectivity index (χ2n) is 0.793. The average Bonchev–Trinajstić information content (AvgIpc) is 2.24. The highest BCUT2D eigenvalue weighted by Gasteiger charge is 1.49. The molecule has 7 N–H and O–H groups in total. The lowest BCUT2D eigenvalue weighted by atomic mass is 11.1. The molecule has 0 aromatic rings. The van der Waals surface area contributed by atoms with Crippen LogP contribution in [0.2, 0.25) is 0 Å². The van der Waals surface area contributed by atoms with Crippen LogP contribution in [0.1, 0.15) is 2.74 Å². The third-order valence-corrected chi connectivity index (χ3v) is 0.204. The number of alkyl halides is 1. The molecule has 88 valence electrons. The highest BCUT2D eigenvalue weighted by molar-refractivity contribution is 7.15. The molecule has 7 heteroatoms. The first-order valence-corrected chi connectivity index (χ1v) is 5.66.